The third kappa shape index (κ3) is 2.98. The molecule has 1 heterocycles. The highest BCUT2D eigenvalue weighted by Crippen LogP contribution is 2.39. The fourth-order valence-corrected chi connectivity index (χ4v) is 3.04. The van der Waals surface area contributed by atoms with Crippen molar-refractivity contribution in [2.75, 3.05) is 27.3 Å². The summed E-state index contributed by atoms with van der Waals surface area (Å²) in [5.41, 5.74) is 1.23. The van der Waals surface area contributed by atoms with Crippen molar-refractivity contribution in [3.63, 3.8) is 0 Å². The number of halogens is 1. The number of nitrogens with one attached hydrogen (secondary N) is 1. The van der Waals surface area contributed by atoms with Crippen LogP contribution in [0, 0.1) is 5.92 Å². The summed E-state index contributed by atoms with van der Waals surface area (Å²) >= 11 is 3.49. The second kappa shape index (κ2) is 6.43. The zero-order valence-electron chi connectivity index (χ0n) is 11.0. The summed E-state index contributed by atoms with van der Waals surface area (Å²) in [5.74, 6) is 2.34. The summed E-state index contributed by atoms with van der Waals surface area (Å²) in [6, 6.07) is 4.16. The Morgan fingerprint density at radius 1 is 1.28 bits per heavy atom. The first-order valence-electron chi connectivity index (χ1n) is 6.36. The first-order valence-corrected chi connectivity index (χ1v) is 7.15. The molecule has 1 atom stereocenters. The van der Waals surface area contributed by atoms with Crippen molar-refractivity contribution < 1.29 is 9.47 Å². The van der Waals surface area contributed by atoms with Crippen LogP contribution in [0.1, 0.15) is 18.4 Å². The summed E-state index contributed by atoms with van der Waals surface area (Å²) < 4.78 is 11.9. The molecule has 0 aromatic heterocycles. The van der Waals surface area contributed by atoms with Crippen molar-refractivity contribution in [1.82, 2.24) is 5.32 Å². The van der Waals surface area contributed by atoms with Gasteiger partial charge in [-0.25, -0.2) is 0 Å². The van der Waals surface area contributed by atoms with Gasteiger partial charge in [0.05, 0.1) is 18.7 Å². The topological polar surface area (TPSA) is 30.5 Å². The lowest BCUT2D eigenvalue weighted by Gasteiger charge is -2.24. The minimum Gasteiger partial charge on any atom is -0.493 e. The predicted molar refractivity (Wildman–Crippen MR) is 76.5 cm³/mol. The Hall–Kier alpha value is -0.740. The molecule has 1 aromatic rings. The maximum atomic E-state index is 5.51. The van der Waals surface area contributed by atoms with Gasteiger partial charge in [0.2, 0.25) is 0 Å². The zero-order valence-corrected chi connectivity index (χ0v) is 12.5. The van der Waals surface area contributed by atoms with E-state index in [9.17, 15) is 0 Å². The first-order chi connectivity index (χ1) is 8.76. The third-order valence-corrected chi connectivity index (χ3v) is 4.09. The average molecular weight is 314 g/mol. The number of benzene rings is 1. The van der Waals surface area contributed by atoms with Crippen LogP contribution in [0.5, 0.6) is 11.5 Å². The Kier molecular flexibility index (Phi) is 4.89. The summed E-state index contributed by atoms with van der Waals surface area (Å²) in [4.78, 5) is 0. The van der Waals surface area contributed by atoms with Crippen molar-refractivity contribution in [3.05, 3.63) is 22.2 Å². The van der Waals surface area contributed by atoms with E-state index in [1.807, 2.05) is 6.07 Å². The molecule has 1 aliphatic heterocycles. The minimum atomic E-state index is 0.693. The van der Waals surface area contributed by atoms with Gasteiger partial charge in [0.15, 0.2) is 11.5 Å². The van der Waals surface area contributed by atoms with Crippen molar-refractivity contribution in [1.29, 1.82) is 0 Å². The third-order valence-electron chi connectivity index (χ3n) is 3.46. The van der Waals surface area contributed by atoms with Gasteiger partial charge in [-0.3, -0.25) is 0 Å². The molecule has 4 heteroatoms. The quantitative estimate of drug-likeness (QED) is 0.927. The molecule has 18 heavy (non-hydrogen) atoms. The number of hydrogen-bond acceptors (Lipinski definition) is 3. The van der Waals surface area contributed by atoms with E-state index in [0.717, 1.165) is 35.5 Å². The molecule has 3 nitrogen and oxygen atoms in total. The average Bonchev–Trinajstić information content (AvgIpc) is 2.41. The maximum absolute atomic E-state index is 5.51. The lowest BCUT2D eigenvalue weighted by atomic mass is 9.92. The minimum absolute atomic E-state index is 0.693. The molecule has 0 spiro atoms. The highest BCUT2D eigenvalue weighted by atomic mass is 79.9. The zero-order chi connectivity index (χ0) is 13.0. The number of hydrogen-bond donors (Lipinski definition) is 1. The molecule has 1 saturated heterocycles. The second-order valence-corrected chi connectivity index (χ2v) is 5.54. The summed E-state index contributed by atoms with van der Waals surface area (Å²) in [6.07, 6.45) is 3.59. The number of piperidine rings is 1. The van der Waals surface area contributed by atoms with Crippen LogP contribution in [-0.2, 0) is 6.42 Å². The Morgan fingerprint density at radius 3 is 2.67 bits per heavy atom. The van der Waals surface area contributed by atoms with Gasteiger partial charge in [-0.15, -0.1) is 0 Å². The van der Waals surface area contributed by atoms with E-state index in [1.165, 1.54) is 18.4 Å². The standard InChI is InChI=1S/C14H20BrNO2/c1-17-13-11(5-6-12(15)14(13)18-2)8-10-4-3-7-16-9-10/h5-6,10,16H,3-4,7-9H2,1-2H3. The molecular weight excluding hydrogens is 294 g/mol. The van der Waals surface area contributed by atoms with E-state index in [4.69, 9.17) is 9.47 Å². The Balaban J connectivity index is 2.21. The van der Waals surface area contributed by atoms with Gasteiger partial charge in [0.1, 0.15) is 0 Å². The van der Waals surface area contributed by atoms with Crippen LogP contribution in [0.25, 0.3) is 0 Å². The Labute approximate surface area is 117 Å². The van der Waals surface area contributed by atoms with Crippen LogP contribution >= 0.6 is 15.9 Å². The van der Waals surface area contributed by atoms with Crippen LogP contribution in [0.2, 0.25) is 0 Å². The van der Waals surface area contributed by atoms with Crippen molar-refractivity contribution in [3.8, 4) is 11.5 Å². The van der Waals surface area contributed by atoms with Gasteiger partial charge in [0, 0.05) is 0 Å². The van der Waals surface area contributed by atoms with E-state index >= 15 is 0 Å². The molecular formula is C14H20BrNO2. The molecule has 1 unspecified atom stereocenters. The molecule has 1 aliphatic rings. The highest BCUT2D eigenvalue weighted by Gasteiger charge is 2.19. The summed E-state index contributed by atoms with van der Waals surface area (Å²) in [5, 5.41) is 3.45. The van der Waals surface area contributed by atoms with Gasteiger partial charge in [-0.1, -0.05) is 6.07 Å². The second-order valence-electron chi connectivity index (χ2n) is 4.69. The number of methoxy groups -OCH3 is 2. The van der Waals surface area contributed by atoms with Crippen LogP contribution in [-0.4, -0.2) is 27.3 Å². The molecule has 0 bridgehead atoms. The van der Waals surface area contributed by atoms with Gasteiger partial charge >= 0.3 is 0 Å². The molecule has 0 saturated carbocycles. The predicted octanol–water partition coefficient (Wildman–Crippen LogP) is 3.01. The fourth-order valence-electron chi connectivity index (χ4n) is 2.56. The van der Waals surface area contributed by atoms with E-state index < -0.39 is 0 Å². The van der Waals surface area contributed by atoms with Crippen LogP contribution in [0.4, 0.5) is 0 Å². The molecule has 1 fully saturated rings. The SMILES string of the molecule is COc1c(Br)ccc(CC2CCCNC2)c1OC. The Morgan fingerprint density at radius 2 is 2.06 bits per heavy atom. The lowest BCUT2D eigenvalue weighted by Crippen LogP contribution is -2.30. The van der Waals surface area contributed by atoms with Gasteiger partial charge in [0.25, 0.3) is 0 Å². The molecule has 1 aromatic carbocycles. The van der Waals surface area contributed by atoms with Gasteiger partial charge in [-0.2, -0.15) is 0 Å². The monoisotopic (exact) mass is 313 g/mol. The van der Waals surface area contributed by atoms with Crippen LogP contribution < -0.4 is 14.8 Å². The molecule has 1 N–H and O–H groups in total. The number of ether oxygens (including phenoxy) is 2. The lowest BCUT2D eigenvalue weighted by molar-refractivity contribution is 0.339. The van der Waals surface area contributed by atoms with Crippen molar-refractivity contribution in [2.45, 2.75) is 19.3 Å². The smallest absolute Gasteiger partial charge is 0.175 e. The van der Waals surface area contributed by atoms with E-state index in [0.29, 0.717) is 5.92 Å². The molecule has 0 amide bonds. The number of rotatable bonds is 4. The normalized spacial score (nSPS) is 19.6. The van der Waals surface area contributed by atoms with E-state index in [1.54, 1.807) is 14.2 Å². The fraction of sp³-hybridized carbons (Fsp3) is 0.571. The Bertz CT molecular complexity index is 403. The van der Waals surface area contributed by atoms with E-state index in [-0.39, 0.29) is 0 Å². The molecule has 2 rings (SSSR count). The molecule has 0 radical (unpaired) electrons. The van der Waals surface area contributed by atoms with Gasteiger partial charge < -0.3 is 14.8 Å². The molecule has 100 valence electrons. The largest absolute Gasteiger partial charge is 0.493 e. The molecule has 0 aliphatic carbocycles. The first kappa shape index (κ1) is 13.7. The summed E-state index contributed by atoms with van der Waals surface area (Å²) in [6.45, 7) is 2.25. The van der Waals surface area contributed by atoms with Gasteiger partial charge in [-0.05, 0) is 65.8 Å². The van der Waals surface area contributed by atoms with Crippen LogP contribution in [0.3, 0.4) is 0 Å². The maximum Gasteiger partial charge on any atom is 0.175 e. The summed E-state index contributed by atoms with van der Waals surface area (Å²) in [7, 11) is 3.38. The van der Waals surface area contributed by atoms with Crippen molar-refractivity contribution >= 4 is 15.9 Å². The van der Waals surface area contributed by atoms with Crippen LogP contribution in [0.15, 0.2) is 16.6 Å². The highest BCUT2D eigenvalue weighted by molar-refractivity contribution is 9.10. The van der Waals surface area contributed by atoms with Crippen molar-refractivity contribution in [2.24, 2.45) is 5.92 Å². The van der Waals surface area contributed by atoms with E-state index in [2.05, 4.69) is 27.3 Å².